The molecular formula is C10H18O. The van der Waals surface area contributed by atoms with Crippen LogP contribution in [0.1, 0.15) is 26.7 Å². The number of hydrogen-bond acceptors (Lipinski definition) is 1. The molecule has 1 rings (SSSR count). The quantitative estimate of drug-likeness (QED) is 0.574. The summed E-state index contributed by atoms with van der Waals surface area (Å²) < 4.78 is 0. The van der Waals surface area contributed by atoms with E-state index in [1.165, 1.54) is 6.42 Å². The van der Waals surface area contributed by atoms with Crippen molar-refractivity contribution in [2.45, 2.75) is 32.8 Å². The van der Waals surface area contributed by atoms with Crippen molar-refractivity contribution in [2.75, 3.05) is 0 Å². The van der Waals surface area contributed by atoms with E-state index in [-0.39, 0.29) is 6.10 Å². The highest BCUT2D eigenvalue weighted by Gasteiger charge is 2.31. The molecule has 0 amide bonds. The van der Waals surface area contributed by atoms with Crippen LogP contribution < -0.4 is 0 Å². The summed E-state index contributed by atoms with van der Waals surface area (Å²) >= 11 is 0. The minimum atomic E-state index is -0.156. The first-order chi connectivity index (χ1) is 5.16. The van der Waals surface area contributed by atoms with E-state index in [2.05, 4.69) is 20.4 Å². The largest absolute Gasteiger partial charge is 0.392 e. The first-order valence-corrected chi connectivity index (χ1v) is 4.47. The monoisotopic (exact) mass is 154 g/mol. The zero-order valence-electron chi connectivity index (χ0n) is 7.46. The molecule has 4 unspecified atom stereocenters. The topological polar surface area (TPSA) is 20.2 Å². The second-order valence-corrected chi connectivity index (χ2v) is 3.80. The lowest BCUT2D eigenvalue weighted by Crippen LogP contribution is -2.35. The summed E-state index contributed by atoms with van der Waals surface area (Å²) in [4.78, 5) is 0. The highest BCUT2D eigenvalue weighted by Crippen LogP contribution is 2.33. The van der Waals surface area contributed by atoms with Gasteiger partial charge in [-0.3, -0.25) is 0 Å². The van der Waals surface area contributed by atoms with Gasteiger partial charge in [0.15, 0.2) is 0 Å². The van der Waals surface area contributed by atoms with Crippen LogP contribution in [0, 0.1) is 17.8 Å². The van der Waals surface area contributed by atoms with Crippen molar-refractivity contribution >= 4 is 0 Å². The zero-order valence-corrected chi connectivity index (χ0v) is 7.46. The molecule has 0 aliphatic heterocycles. The molecule has 11 heavy (non-hydrogen) atoms. The Bertz CT molecular complexity index is 142. The maximum Gasteiger partial charge on any atom is 0.0630 e. The molecule has 0 bridgehead atoms. The molecule has 0 aromatic carbocycles. The molecule has 0 saturated heterocycles. The van der Waals surface area contributed by atoms with E-state index < -0.39 is 0 Å². The summed E-state index contributed by atoms with van der Waals surface area (Å²) in [5.41, 5.74) is 0. The third-order valence-corrected chi connectivity index (χ3v) is 3.13. The van der Waals surface area contributed by atoms with Crippen molar-refractivity contribution < 1.29 is 5.11 Å². The van der Waals surface area contributed by atoms with Gasteiger partial charge in [0.2, 0.25) is 0 Å². The predicted octanol–water partition coefficient (Wildman–Crippen LogP) is 2.22. The molecule has 0 heterocycles. The second-order valence-electron chi connectivity index (χ2n) is 3.80. The third kappa shape index (κ3) is 1.64. The summed E-state index contributed by atoms with van der Waals surface area (Å²) in [6.45, 7) is 8.08. The van der Waals surface area contributed by atoms with Crippen LogP contribution in [0.25, 0.3) is 0 Å². The van der Waals surface area contributed by atoms with E-state index >= 15 is 0 Å². The van der Waals surface area contributed by atoms with E-state index in [0.717, 1.165) is 6.42 Å². The highest BCUT2D eigenvalue weighted by atomic mass is 16.3. The molecule has 64 valence electrons. The highest BCUT2D eigenvalue weighted by molar-refractivity contribution is 4.92. The van der Waals surface area contributed by atoms with Gasteiger partial charge in [-0.1, -0.05) is 19.9 Å². The van der Waals surface area contributed by atoms with Crippen LogP contribution in [0.15, 0.2) is 12.7 Å². The number of hydrogen-bond donors (Lipinski definition) is 1. The Balaban J connectivity index is 2.58. The van der Waals surface area contributed by atoms with Gasteiger partial charge in [0.05, 0.1) is 6.10 Å². The minimum absolute atomic E-state index is 0.156. The summed E-state index contributed by atoms with van der Waals surface area (Å²) in [7, 11) is 0. The maximum absolute atomic E-state index is 9.74. The van der Waals surface area contributed by atoms with Crippen LogP contribution in [0.2, 0.25) is 0 Å². The van der Waals surface area contributed by atoms with Crippen LogP contribution in [-0.2, 0) is 0 Å². The molecule has 0 radical (unpaired) electrons. The van der Waals surface area contributed by atoms with Crippen molar-refractivity contribution in [1.82, 2.24) is 0 Å². The van der Waals surface area contributed by atoms with Gasteiger partial charge in [0.1, 0.15) is 0 Å². The predicted molar refractivity (Wildman–Crippen MR) is 47.3 cm³/mol. The lowest BCUT2D eigenvalue weighted by Gasteiger charge is -2.35. The molecule has 1 aliphatic rings. The standard InChI is InChI=1S/C10H18O/c1-4-9-6-5-7(2)8(3)10(9)11/h4,7-11H,1,5-6H2,2-3H3. The third-order valence-electron chi connectivity index (χ3n) is 3.13. The van der Waals surface area contributed by atoms with E-state index in [0.29, 0.717) is 17.8 Å². The van der Waals surface area contributed by atoms with Crippen molar-refractivity contribution in [1.29, 1.82) is 0 Å². The van der Waals surface area contributed by atoms with E-state index in [9.17, 15) is 5.11 Å². The second kappa shape index (κ2) is 3.40. The molecule has 1 nitrogen and oxygen atoms in total. The molecule has 0 aromatic heterocycles. The van der Waals surface area contributed by atoms with Crippen LogP contribution >= 0.6 is 0 Å². The molecule has 1 N–H and O–H groups in total. The molecule has 1 fully saturated rings. The molecule has 0 spiro atoms. The van der Waals surface area contributed by atoms with E-state index in [1.54, 1.807) is 0 Å². The summed E-state index contributed by atoms with van der Waals surface area (Å²) in [5, 5.41) is 9.74. The Hall–Kier alpha value is -0.300. The fourth-order valence-electron chi connectivity index (χ4n) is 1.87. The fourth-order valence-corrected chi connectivity index (χ4v) is 1.87. The summed E-state index contributed by atoms with van der Waals surface area (Å²) in [6.07, 6.45) is 4.08. The van der Waals surface area contributed by atoms with Gasteiger partial charge in [0, 0.05) is 5.92 Å². The molecular weight excluding hydrogens is 136 g/mol. The van der Waals surface area contributed by atoms with Gasteiger partial charge in [-0.2, -0.15) is 0 Å². The number of aliphatic hydroxyl groups is 1. The van der Waals surface area contributed by atoms with Crippen LogP contribution in [-0.4, -0.2) is 11.2 Å². The van der Waals surface area contributed by atoms with Crippen LogP contribution in [0.5, 0.6) is 0 Å². The Morgan fingerprint density at radius 2 is 2.00 bits per heavy atom. The van der Waals surface area contributed by atoms with E-state index in [1.807, 2.05) is 6.08 Å². The Kier molecular flexibility index (Phi) is 2.72. The van der Waals surface area contributed by atoms with Gasteiger partial charge in [0.25, 0.3) is 0 Å². The Morgan fingerprint density at radius 3 is 2.55 bits per heavy atom. The van der Waals surface area contributed by atoms with Gasteiger partial charge in [-0.25, -0.2) is 0 Å². The number of aliphatic hydroxyl groups excluding tert-OH is 1. The SMILES string of the molecule is C=CC1CCC(C)C(C)C1O. The van der Waals surface area contributed by atoms with Gasteiger partial charge in [-0.05, 0) is 24.7 Å². The maximum atomic E-state index is 9.74. The Morgan fingerprint density at radius 1 is 1.36 bits per heavy atom. The summed E-state index contributed by atoms with van der Waals surface area (Å²) in [5.74, 6) is 1.44. The fraction of sp³-hybridized carbons (Fsp3) is 0.800. The first kappa shape index (κ1) is 8.79. The zero-order chi connectivity index (χ0) is 8.43. The van der Waals surface area contributed by atoms with Crippen LogP contribution in [0.4, 0.5) is 0 Å². The first-order valence-electron chi connectivity index (χ1n) is 4.47. The molecule has 1 aliphatic carbocycles. The molecule has 1 heteroatoms. The van der Waals surface area contributed by atoms with Crippen LogP contribution in [0.3, 0.4) is 0 Å². The van der Waals surface area contributed by atoms with Crippen molar-refractivity contribution in [3.05, 3.63) is 12.7 Å². The average Bonchev–Trinajstić information content (AvgIpc) is 2.01. The summed E-state index contributed by atoms with van der Waals surface area (Å²) in [6, 6.07) is 0. The lowest BCUT2D eigenvalue weighted by molar-refractivity contribution is 0.0171. The Labute approximate surface area is 69.1 Å². The number of rotatable bonds is 1. The van der Waals surface area contributed by atoms with E-state index in [4.69, 9.17) is 0 Å². The average molecular weight is 154 g/mol. The molecule has 4 atom stereocenters. The lowest BCUT2D eigenvalue weighted by atomic mass is 9.74. The van der Waals surface area contributed by atoms with Gasteiger partial charge in [-0.15, -0.1) is 6.58 Å². The molecule has 1 saturated carbocycles. The van der Waals surface area contributed by atoms with Gasteiger partial charge >= 0.3 is 0 Å². The normalized spacial score (nSPS) is 45.4. The van der Waals surface area contributed by atoms with Gasteiger partial charge < -0.3 is 5.11 Å². The van der Waals surface area contributed by atoms with Crippen molar-refractivity contribution in [2.24, 2.45) is 17.8 Å². The minimum Gasteiger partial charge on any atom is -0.392 e. The molecule has 0 aromatic rings. The van der Waals surface area contributed by atoms with Crippen molar-refractivity contribution in [3.8, 4) is 0 Å². The van der Waals surface area contributed by atoms with Crippen molar-refractivity contribution in [3.63, 3.8) is 0 Å². The smallest absolute Gasteiger partial charge is 0.0630 e.